The second-order valence-corrected chi connectivity index (χ2v) is 6.48. The van der Waals surface area contributed by atoms with Gasteiger partial charge in [0, 0.05) is 41.0 Å². The lowest BCUT2D eigenvalue weighted by Gasteiger charge is -2.20. The molecule has 0 unspecified atom stereocenters. The molecule has 1 aliphatic carbocycles. The van der Waals surface area contributed by atoms with E-state index < -0.39 is 0 Å². The lowest BCUT2D eigenvalue weighted by atomic mass is 10.0. The normalized spacial score (nSPS) is 17.9. The van der Waals surface area contributed by atoms with E-state index in [0.29, 0.717) is 5.92 Å². The van der Waals surface area contributed by atoms with Crippen LogP contribution in [0.25, 0.3) is 11.4 Å². The molecule has 3 nitrogen and oxygen atoms in total. The number of nitrogens with one attached hydrogen (secondary N) is 1. The first-order chi connectivity index (χ1) is 9.81. The van der Waals surface area contributed by atoms with E-state index >= 15 is 0 Å². The summed E-state index contributed by atoms with van der Waals surface area (Å²) in [4.78, 5) is 9.70. The maximum atomic E-state index is 4.88. The van der Waals surface area contributed by atoms with Gasteiger partial charge in [-0.05, 0) is 25.0 Å². The molecule has 20 heavy (non-hydrogen) atoms. The van der Waals surface area contributed by atoms with Crippen LogP contribution in [0.5, 0.6) is 0 Å². The van der Waals surface area contributed by atoms with Gasteiger partial charge in [0.1, 0.15) is 0 Å². The van der Waals surface area contributed by atoms with Crippen molar-refractivity contribution < 1.29 is 0 Å². The average Bonchev–Trinajstić information content (AvgIpc) is 3.31. The summed E-state index contributed by atoms with van der Waals surface area (Å²) in [7, 11) is 0. The summed E-state index contributed by atoms with van der Waals surface area (Å²) in [6.45, 7) is 1.95. The molecule has 4 heteroatoms. The first kappa shape index (κ1) is 12.5. The predicted octanol–water partition coefficient (Wildman–Crippen LogP) is 3.43. The minimum absolute atomic E-state index is 0.667. The Bertz CT molecular complexity index is 648. The molecule has 1 aromatic heterocycles. The molecule has 1 N–H and O–H groups in total. The van der Waals surface area contributed by atoms with Gasteiger partial charge in [0.2, 0.25) is 0 Å². The smallest absolute Gasteiger partial charge is 0.159 e. The van der Waals surface area contributed by atoms with Gasteiger partial charge in [-0.15, -0.1) is 0 Å². The standard InChI is InChI=1S/C16H16BrN3/c17-12-5-3-11(4-6-12)16-19-14-7-8-18-9-13(14)15(20-16)10-1-2-10/h3-6,10,18H,1-2,7-9H2. The second-order valence-electron chi connectivity index (χ2n) is 5.57. The highest BCUT2D eigenvalue weighted by atomic mass is 79.9. The Kier molecular flexibility index (Phi) is 3.08. The highest BCUT2D eigenvalue weighted by Crippen LogP contribution is 2.42. The molecule has 2 aromatic rings. The number of rotatable bonds is 2. The molecule has 0 amide bonds. The molecule has 2 aliphatic rings. The molecular weight excluding hydrogens is 314 g/mol. The highest BCUT2D eigenvalue weighted by molar-refractivity contribution is 9.10. The third-order valence-electron chi connectivity index (χ3n) is 4.03. The average molecular weight is 330 g/mol. The number of hydrogen-bond donors (Lipinski definition) is 1. The van der Waals surface area contributed by atoms with Crippen molar-refractivity contribution in [3.63, 3.8) is 0 Å². The molecule has 1 aliphatic heterocycles. The molecule has 1 fully saturated rings. The summed E-state index contributed by atoms with van der Waals surface area (Å²) in [5.74, 6) is 1.56. The Morgan fingerprint density at radius 1 is 1.10 bits per heavy atom. The van der Waals surface area contributed by atoms with E-state index in [0.717, 1.165) is 35.4 Å². The number of fused-ring (bicyclic) bond motifs is 1. The summed E-state index contributed by atoms with van der Waals surface area (Å²) < 4.78 is 1.09. The first-order valence-corrected chi connectivity index (χ1v) is 7.97. The predicted molar refractivity (Wildman–Crippen MR) is 82.6 cm³/mol. The number of halogens is 1. The van der Waals surface area contributed by atoms with Crippen LogP contribution in [0.4, 0.5) is 0 Å². The lowest BCUT2D eigenvalue weighted by molar-refractivity contribution is 0.617. The zero-order valence-electron chi connectivity index (χ0n) is 11.2. The fourth-order valence-corrected chi connectivity index (χ4v) is 3.06. The lowest BCUT2D eigenvalue weighted by Crippen LogP contribution is -2.26. The summed E-state index contributed by atoms with van der Waals surface area (Å²) in [6, 6.07) is 8.28. The van der Waals surface area contributed by atoms with E-state index in [9.17, 15) is 0 Å². The fraction of sp³-hybridized carbons (Fsp3) is 0.375. The van der Waals surface area contributed by atoms with Crippen LogP contribution in [-0.2, 0) is 13.0 Å². The quantitative estimate of drug-likeness (QED) is 0.917. The molecular formula is C16H16BrN3. The van der Waals surface area contributed by atoms with Crippen LogP contribution in [0.1, 0.15) is 35.7 Å². The minimum atomic E-state index is 0.667. The molecule has 1 saturated carbocycles. The zero-order valence-corrected chi connectivity index (χ0v) is 12.8. The van der Waals surface area contributed by atoms with Gasteiger partial charge in [-0.25, -0.2) is 9.97 Å². The maximum absolute atomic E-state index is 4.88. The van der Waals surface area contributed by atoms with Crippen molar-refractivity contribution in [3.05, 3.63) is 45.7 Å². The van der Waals surface area contributed by atoms with E-state index in [1.54, 1.807) is 0 Å². The zero-order chi connectivity index (χ0) is 13.5. The van der Waals surface area contributed by atoms with Crippen molar-refractivity contribution in [1.29, 1.82) is 0 Å². The third kappa shape index (κ3) is 2.27. The monoisotopic (exact) mass is 329 g/mol. The largest absolute Gasteiger partial charge is 0.312 e. The number of aromatic nitrogens is 2. The van der Waals surface area contributed by atoms with Crippen LogP contribution in [0, 0.1) is 0 Å². The summed E-state index contributed by atoms with van der Waals surface area (Å²) in [5.41, 5.74) is 5.01. The Morgan fingerprint density at radius 3 is 2.65 bits per heavy atom. The Hall–Kier alpha value is -1.26. The van der Waals surface area contributed by atoms with Crippen LogP contribution in [0.2, 0.25) is 0 Å². The van der Waals surface area contributed by atoms with Crippen LogP contribution in [-0.4, -0.2) is 16.5 Å². The number of benzene rings is 1. The number of hydrogen-bond acceptors (Lipinski definition) is 3. The van der Waals surface area contributed by atoms with Crippen LogP contribution in [0.3, 0.4) is 0 Å². The molecule has 0 radical (unpaired) electrons. The van der Waals surface area contributed by atoms with Crippen molar-refractivity contribution in [3.8, 4) is 11.4 Å². The molecule has 1 aromatic carbocycles. The SMILES string of the molecule is Brc1ccc(-c2nc3c(c(C4CC4)n2)CNCC3)cc1. The van der Waals surface area contributed by atoms with Crippen LogP contribution >= 0.6 is 15.9 Å². The van der Waals surface area contributed by atoms with Gasteiger partial charge in [0.15, 0.2) is 5.82 Å². The van der Waals surface area contributed by atoms with E-state index in [4.69, 9.17) is 9.97 Å². The second kappa shape index (κ2) is 4.93. The van der Waals surface area contributed by atoms with E-state index in [2.05, 4.69) is 45.5 Å². The van der Waals surface area contributed by atoms with Crippen LogP contribution in [0.15, 0.2) is 28.7 Å². The van der Waals surface area contributed by atoms with Gasteiger partial charge in [-0.2, -0.15) is 0 Å². The molecule has 102 valence electrons. The van der Waals surface area contributed by atoms with Crippen molar-refractivity contribution >= 4 is 15.9 Å². The van der Waals surface area contributed by atoms with Gasteiger partial charge in [-0.1, -0.05) is 28.1 Å². The first-order valence-electron chi connectivity index (χ1n) is 7.17. The van der Waals surface area contributed by atoms with Gasteiger partial charge in [0.25, 0.3) is 0 Å². The van der Waals surface area contributed by atoms with Crippen molar-refractivity contribution in [2.45, 2.75) is 31.7 Å². The van der Waals surface area contributed by atoms with E-state index in [1.807, 2.05) is 0 Å². The fourth-order valence-electron chi connectivity index (χ4n) is 2.79. The van der Waals surface area contributed by atoms with Crippen molar-refractivity contribution in [2.24, 2.45) is 0 Å². The molecule has 2 heterocycles. The minimum Gasteiger partial charge on any atom is -0.312 e. The van der Waals surface area contributed by atoms with Gasteiger partial charge in [-0.3, -0.25) is 0 Å². The van der Waals surface area contributed by atoms with E-state index in [1.165, 1.54) is 29.8 Å². The molecule has 0 atom stereocenters. The van der Waals surface area contributed by atoms with Crippen molar-refractivity contribution in [2.75, 3.05) is 6.54 Å². The van der Waals surface area contributed by atoms with E-state index in [-0.39, 0.29) is 0 Å². The van der Waals surface area contributed by atoms with Crippen LogP contribution < -0.4 is 5.32 Å². The highest BCUT2D eigenvalue weighted by Gasteiger charge is 2.30. The number of nitrogens with zero attached hydrogens (tertiary/aromatic N) is 2. The topological polar surface area (TPSA) is 37.8 Å². The third-order valence-corrected chi connectivity index (χ3v) is 4.56. The molecule has 0 saturated heterocycles. The van der Waals surface area contributed by atoms with Gasteiger partial charge >= 0.3 is 0 Å². The summed E-state index contributed by atoms with van der Waals surface area (Å²) in [5, 5.41) is 3.44. The molecule has 4 rings (SSSR count). The Morgan fingerprint density at radius 2 is 1.90 bits per heavy atom. The van der Waals surface area contributed by atoms with Gasteiger partial charge < -0.3 is 5.32 Å². The molecule has 0 bridgehead atoms. The Labute approximate surface area is 127 Å². The summed E-state index contributed by atoms with van der Waals surface area (Å²) in [6.07, 6.45) is 3.58. The Balaban J connectivity index is 1.83. The molecule has 0 spiro atoms. The van der Waals surface area contributed by atoms with Crippen molar-refractivity contribution in [1.82, 2.24) is 15.3 Å². The maximum Gasteiger partial charge on any atom is 0.159 e. The summed E-state index contributed by atoms with van der Waals surface area (Å²) >= 11 is 3.48. The van der Waals surface area contributed by atoms with Gasteiger partial charge in [0.05, 0.1) is 11.4 Å².